The summed E-state index contributed by atoms with van der Waals surface area (Å²) in [6.45, 7) is 1.00. The molecule has 3 rings (SSSR count). The van der Waals surface area contributed by atoms with Crippen molar-refractivity contribution >= 4 is 18.7 Å². The van der Waals surface area contributed by atoms with Gasteiger partial charge >= 0.3 is 6.09 Å². The Labute approximate surface area is 142 Å². The van der Waals surface area contributed by atoms with Crippen LogP contribution in [0.1, 0.15) is 29.9 Å². The topological polar surface area (TPSA) is 38.3 Å². The molecule has 0 unspecified atom stereocenters. The maximum Gasteiger partial charge on any atom is 0.407 e. The molecule has 1 N–H and O–H groups in total. The van der Waals surface area contributed by atoms with E-state index in [9.17, 15) is 4.79 Å². The fourth-order valence-corrected chi connectivity index (χ4v) is 3.30. The lowest BCUT2D eigenvalue weighted by molar-refractivity contribution is 0.143. The number of unbranched alkanes of at least 4 members (excludes halogenated alkanes) is 1. The van der Waals surface area contributed by atoms with Gasteiger partial charge in [0.25, 0.3) is 0 Å². The molecule has 4 heteroatoms. The zero-order valence-electron chi connectivity index (χ0n) is 13.0. The smallest absolute Gasteiger partial charge is 0.407 e. The predicted octanol–water partition coefficient (Wildman–Crippen LogP) is 4.24. The Balaban J connectivity index is 1.65. The van der Waals surface area contributed by atoms with Crippen LogP contribution >= 0.6 is 12.6 Å². The zero-order valence-corrected chi connectivity index (χ0v) is 13.9. The molecule has 2 aromatic carbocycles. The summed E-state index contributed by atoms with van der Waals surface area (Å²) in [4.78, 5) is 11.8. The summed E-state index contributed by atoms with van der Waals surface area (Å²) < 4.78 is 5.45. The quantitative estimate of drug-likeness (QED) is 0.615. The lowest BCUT2D eigenvalue weighted by Gasteiger charge is -2.14. The molecule has 0 saturated carbocycles. The van der Waals surface area contributed by atoms with Gasteiger partial charge in [0.1, 0.15) is 6.61 Å². The molecule has 0 saturated heterocycles. The van der Waals surface area contributed by atoms with Crippen molar-refractivity contribution in [1.82, 2.24) is 5.32 Å². The number of hydrogen-bond acceptors (Lipinski definition) is 3. The van der Waals surface area contributed by atoms with Crippen LogP contribution in [0.15, 0.2) is 48.5 Å². The molecule has 0 fully saturated rings. The first-order valence-corrected chi connectivity index (χ1v) is 8.64. The van der Waals surface area contributed by atoms with Gasteiger partial charge in [-0.3, -0.25) is 0 Å². The molecule has 23 heavy (non-hydrogen) atoms. The lowest BCUT2D eigenvalue weighted by atomic mass is 9.98. The Morgan fingerprint density at radius 3 is 2.22 bits per heavy atom. The molecule has 120 valence electrons. The van der Waals surface area contributed by atoms with Gasteiger partial charge in [-0.1, -0.05) is 48.5 Å². The molecule has 0 aliphatic heterocycles. The van der Waals surface area contributed by atoms with Gasteiger partial charge < -0.3 is 10.1 Å². The molecule has 0 spiro atoms. The summed E-state index contributed by atoms with van der Waals surface area (Å²) in [6, 6.07) is 16.7. The standard InChI is InChI=1S/C19H21NO2S/c21-19(20-11-5-6-12-23)22-13-18-16-9-3-1-7-14(16)15-8-2-4-10-17(15)18/h1-4,7-10,18,23H,5-6,11-13H2,(H,20,21). The molecule has 3 nitrogen and oxygen atoms in total. The first-order chi connectivity index (χ1) is 11.3. The van der Waals surface area contributed by atoms with Crippen LogP contribution in [-0.2, 0) is 4.74 Å². The summed E-state index contributed by atoms with van der Waals surface area (Å²) in [7, 11) is 0. The highest BCUT2D eigenvalue weighted by molar-refractivity contribution is 7.80. The van der Waals surface area contributed by atoms with E-state index in [-0.39, 0.29) is 12.0 Å². The van der Waals surface area contributed by atoms with Crippen LogP contribution in [0, 0.1) is 0 Å². The second-order valence-electron chi connectivity index (χ2n) is 5.68. The van der Waals surface area contributed by atoms with Crippen LogP contribution < -0.4 is 5.32 Å². The molecular weight excluding hydrogens is 306 g/mol. The third-order valence-electron chi connectivity index (χ3n) is 4.20. The number of carbonyl (C=O) groups excluding carboxylic acids is 1. The van der Waals surface area contributed by atoms with Gasteiger partial charge in [-0.15, -0.1) is 0 Å². The first-order valence-electron chi connectivity index (χ1n) is 8.01. The van der Waals surface area contributed by atoms with Crippen molar-refractivity contribution in [2.24, 2.45) is 0 Å². The Kier molecular flexibility index (Phi) is 5.23. The third-order valence-corrected chi connectivity index (χ3v) is 4.51. The summed E-state index contributed by atoms with van der Waals surface area (Å²) in [5, 5.41) is 2.79. The van der Waals surface area contributed by atoms with E-state index >= 15 is 0 Å². The van der Waals surface area contributed by atoms with Gasteiger partial charge in [0.15, 0.2) is 0 Å². The molecule has 1 amide bonds. The molecular formula is C19H21NO2S. The van der Waals surface area contributed by atoms with Crippen LogP contribution in [-0.4, -0.2) is 25.0 Å². The summed E-state index contributed by atoms with van der Waals surface area (Å²) in [6.07, 6.45) is 1.58. The van der Waals surface area contributed by atoms with Crippen LogP contribution in [0.5, 0.6) is 0 Å². The fourth-order valence-electron chi connectivity index (χ4n) is 3.08. The van der Waals surface area contributed by atoms with E-state index in [1.54, 1.807) is 0 Å². The first kappa shape index (κ1) is 15.9. The van der Waals surface area contributed by atoms with E-state index < -0.39 is 0 Å². The molecule has 0 heterocycles. The van der Waals surface area contributed by atoms with Crippen molar-refractivity contribution in [1.29, 1.82) is 0 Å². The predicted molar refractivity (Wildman–Crippen MR) is 96.2 cm³/mol. The average Bonchev–Trinajstić information content (AvgIpc) is 2.91. The highest BCUT2D eigenvalue weighted by Gasteiger charge is 2.28. The maximum atomic E-state index is 11.8. The monoisotopic (exact) mass is 327 g/mol. The summed E-state index contributed by atoms with van der Waals surface area (Å²) >= 11 is 4.15. The van der Waals surface area contributed by atoms with Crippen molar-refractivity contribution in [3.05, 3.63) is 59.7 Å². The lowest BCUT2D eigenvalue weighted by Crippen LogP contribution is -2.27. The molecule has 0 radical (unpaired) electrons. The van der Waals surface area contributed by atoms with E-state index in [2.05, 4.69) is 42.2 Å². The minimum Gasteiger partial charge on any atom is -0.449 e. The van der Waals surface area contributed by atoms with Crippen LogP contribution in [0.3, 0.4) is 0 Å². The maximum absolute atomic E-state index is 11.8. The molecule has 2 aromatic rings. The Morgan fingerprint density at radius 1 is 1.00 bits per heavy atom. The van der Waals surface area contributed by atoms with Crippen molar-refractivity contribution in [3.63, 3.8) is 0 Å². The number of hydrogen-bond donors (Lipinski definition) is 2. The summed E-state index contributed by atoms with van der Waals surface area (Å²) in [5.41, 5.74) is 4.95. The van der Waals surface area contributed by atoms with Crippen molar-refractivity contribution in [2.45, 2.75) is 18.8 Å². The largest absolute Gasteiger partial charge is 0.449 e. The zero-order chi connectivity index (χ0) is 16.1. The second-order valence-corrected chi connectivity index (χ2v) is 6.13. The van der Waals surface area contributed by atoms with Gasteiger partial charge in [-0.05, 0) is 40.8 Å². The Bertz CT molecular complexity index is 641. The van der Waals surface area contributed by atoms with E-state index in [0.29, 0.717) is 13.2 Å². The number of ether oxygens (including phenoxy) is 1. The number of nitrogens with one attached hydrogen (secondary N) is 1. The summed E-state index contributed by atoms with van der Waals surface area (Å²) in [5.74, 6) is 0.956. The molecule has 1 aliphatic carbocycles. The van der Waals surface area contributed by atoms with Gasteiger partial charge in [0.05, 0.1) is 0 Å². The minimum absolute atomic E-state index is 0.116. The number of benzene rings is 2. The van der Waals surface area contributed by atoms with E-state index in [0.717, 1.165) is 18.6 Å². The van der Waals surface area contributed by atoms with E-state index in [1.165, 1.54) is 22.3 Å². The number of rotatable bonds is 6. The Hall–Kier alpha value is -1.94. The van der Waals surface area contributed by atoms with Crippen molar-refractivity contribution < 1.29 is 9.53 Å². The Morgan fingerprint density at radius 2 is 1.61 bits per heavy atom. The number of carbonyl (C=O) groups is 1. The molecule has 1 aliphatic rings. The average molecular weight is 327 g/mol. The minimum atomic E-state index is -0.342. The van der Waals surface area contributed by atoms with Gasteiger partial charge in [-0.25, -0.2) is 4.79 Å². The van der Waals surface area contributed by atoms with E-state index in [4.69, 9.17) is 4.74 Å². The number of thiol groups is 1. The SMILES string of the molecule is O=C(NCCCCS)OCC1c2ccccc2-c2ccccc21. The van der Waals surface area contributed by atoms with Crippen molar-refractivity contribution in [3.8, 4) is 11.1 Å². The number of alkyl carbamates (subject to hydrolysis) is 1. The fraction of sp³-hybridized carbons (Fsp3) is 0.316. The van der Waals surface area contributed by atoms with Crippen molar-refractivity contribution in [2.75, 3.05) is 18.9 Å². The second kappa shape index (κ2) is 7.55. The van der Waals surface area contributed by atoms with Gasteiger partial charge in [0.2, 0.25) is 0 Å². The molecule has 0 atom stereocenters. The highest BCUT2D eigenvalue weighted by atomic mass is 32.1. The normalized spacial score (nSPS) is 12.6. The van der Waals surface area contributed by atoms with Crippen LogP contribution in [0.4, 0.5) is 4.79 Å². The molecule has 0 aromatic heterocycles. The van der Waals surface area contributed by atoms with Crippen LogP contribution in [0.25, 0.3) is 11.1 Å². The van der Waals surface area contributed by atoms with E-state index in [1.807, 2.05) is 24.3 Å². The highest BCUT2D eigenvalue weighted by Crippen LogP contribution is 2.44. The number of fused-ring (bicyclic) bond motifs is 3. The van der Waals surface area contributed by atoms with Gasteiger partial charge in [-0.2, -0.15) is 12.6 Å². The number of amides is 1. The molecule has 0 bridgehead atoms. The van der Waals surface area contributed by atoms with Gasteiger partial charge in [0, 0.05) is 12.5 Å². The third kappa shape index (κ3) is 3.53. The van der Waals surface area contributed by atoms with Crippen LogP contribution in [0.2, 0.25) is 0 Å².